The number of carbonyl (C=O) groups is 2. The Hall–Kier alpha value is -2.76. The molecule has 1 aromatic carbocycles. The van der Waals surface area contributed by atoms with Crippen LogP contribution in [0.5, 0.6) is 5.75 Å². The third kappa shape index (κ3) is 5.90. The first-order valence-electron chi connectivity index (χ1n) is 10.3. The van der Waals surface area contributed by atoms with E-state index in [-0.39, 0.29) is 23.2 Å². The van der Waals surface area contributed by atoms with Gasteiger partial charge in [-0.3, -0.25) is 29.5 Å². The number of anilines is 1. The number of nitro groups is 1. The average Bonchev–Trinajstić information content (AvgIpc) is 2.79. The third-order valence-electron chi connectivity index (χ3n) is 5.71. The molecule has 1 unspecified atom stereocenters. The summed E-state index contributed by atoms with van der Waals surface area (Å²) in [4.78, 5) is 41.8. The van der Waals surface area contributed by atoms with Crippen molar-refractivity contribution in [2.24, 2.45) is 0 Å². The van der Waals surface area contributed by atoms with Crippen LogP contribution in [0.4, 0.5) is 11.4 Å². The van der Waals surface area contributed by atoms with Gasteiger partial charge in [-0.25, -0.2) is 0 Å². The molecule has 1 atom stereocenters. The molecule has 1 aromatic rings. The van der Waals surface area contributed by atoms with Gasteiger partial charge in [-0.1, -0.05) is 0 Å². The first-order valence-corrected chi connectivity index (χ1v) is 10.3. The number of non-ortho nitro benzene ring substituents is 1. The van der Waals surface area contributed by atoms with Crippen LogP contribution in [0.2, 0.25) is 0 Å². The average molecular weight is 435 g/mol. The van der Waals surface area contributed by atoms with Gasteiger partial charge in [-0.15, -0.1) is 0 Å². The molecule has 2 aliphatic heterocycles. The lowest BCUT2D eigenvalue weighted by Crippen LogP contribution is -2.55. The summed E-state index contributed by atoms with van der Waals surface area (Å²) < 4.78 is 10.5. The lowest BCUT2D eigenvalue weighted by atomic mass is 10.2. The van der Waals surface area contributed by atoms with Crippen molar-refractivity contribution in [2.75, 3.05) is 71.5 Å². The van der Waals surface area contributed by atoms with Crippen molar-refractivity contribution < 1.29 is 24.0 Å². The monoisotopic (exact) mass is 435 g/mol. The predicted octanol–water partition coefficient (Wildman–Crippen LogP) is 0.407. The number of carbonyl (C=O) groups excluding carboxylic acids is 2. The van der Waals surface area contributed by atoms with Crippen molar-refractivity contribution in [1.82, 2.24) is 14.7 Å². The summed E-state index contributed by atoms with van der Waals surface area (Å²) in [6, 6.07) is 3.61. The molecule has 0 aromatic heterocycles. The minimum atomic E-state index is -0.522. The van der Waals surface area contributed by atoms with Crippen molar-refractivity contribution >= 4 is 23.2 Å². The van der Waals surface area contributed by atoms with Gasteiger partial charge in [0.2, 0.25) is 11.8 Å². The normalized spacial score (nSPS) is 19.0. The van der Waals surface area contributed by atoms with E-state index in [0.29, 0.717) is 51.7 Å². The maximum Gasteiger partial charge on any atom is 0.271 e. The Morgan fingerprint density at radius 3 is 2.48 bits per heavy atom. The molecule has 3 rings (SSSR count). The van der Waals surface area contributed by atoms with Crippen LogP contribution in [0, 0.1) is 10.1 Å². The van der Waals surface area contributed by atoms with Gasteiger partial charge in [0, 0.05) is 51.4 Å². The molecule has 0 aliphatic carbocycles. The first kappa shape index (κ1) is 22.9. The topological polar surface area (TPSA) is 117 Å². The summed E-state index contributed by atoms with van der Waals surface area (Å²) in [7, 11) is 1.44. The number of morpholine rings is 1. The fourth-order valence-electron chi connectivity index (χ4n) is 3.72. The minimum Gasteiger partial charge on any atom is -0.495 e. The van der Waals surface area contributed by atoms with Gasteiger partial charge < -0.3 is 19.7 Å². The number of benzene rings is 1. The van der Waals surface area contributed by atoms with Crippen LogP contribution in [0.25, 0.3) is 0 Å². The van der Waals surface area contributed by atoms with E-state index in [2.05, 4.69) is 10.2 Å². The fourth-order valence-corrected chi connectivity index (χ4v) is 3.72. The van der Waals surface area contributed by atoms with Gasteiger partial charge >= 0.3 is 0 Å². The van der Waals surface area contributed by atoms with Gasteiger partial charge in [0.25, 0.3) is 5.69 Å². The van der Waals surface area contributed by atoms with Crippen molar-refractivity contribution in [2.45, 2.75) is 13.0 Å². The second-order valence-corrected chi connectivity index (χ2v) is 7.61. The zero-order chi connectivity index (χ0) is 22.4. The number of ether oxygens (including phenoxy) is 2. The van der Waals surface area contributed by atoms with E-state index in [4.69, 9.17) is 9.47 Å². The molecule has 1 N–H and O–H groups in total. The summed E-state index contributed by atoms with van der Waals surface area (Å²) in [5, 5.41) is 13.8. The number of nitrogens with zero attached hydrogens (tertiary/aromatic N) is 4. The smallest absolute Gasteiger partial charge is 0.271 e. The number of methoxy groups -OCH3 is 1. The van der Waals surface area contributed by atoms with E-state index in [0.717, 1.165) is 13.1 Å². The van der Waals surface area contributed by atoms with Crippen LogP contribution in [0.15, 0.2) is 18.2 Å². The SMILES string of the molecule is COc1ccc([N+](=O)[O-])cc1NC(=O)C(C)N1CCN(C(=O)CN2CCOCC2)CC1. The van der Waals surface area contributed by atoms with Crippen molar-refractivity contribution in [3.05, 3.63) is 28.3 Å². The highest BCUT2D eigenvalue weighted by atomic mass is 16.6. The van der Waals surface area contributed by atoms with Gasteiger partial charge in [0.15, 0.2) is 0 Å². The molecular weight excluding hydrogens is 406 g/mol. The molecule has 0 saturated carbocycles. The number of hydrogen-bond acceptors (Lipinski definition) is 8. The Morgan fingerprint density at radius 2 is 1.87 bits per heavy atom. The second-order valence-electron chi connectivity index (χ2n) is 7.61. The van der Waals surface area contributed by atoms with Gasteiger partial charge in [0.05, 0.1) is 43.5 Å². The quantitative estimate of drug-likeness (QED) is 0.483. The Kier molecular flexibility index (Phi) is 7.77. The summed E-state index contributed by atoms with van der Waals surface area (Å²) in [6.45, 7) is 7.29. The number of nitrogens with one attached hydrogen (secondary N) is 1. The molecule has 2 amide bonds. The van der Waals surface area contributed by atoms with Gasteiger partial charge in [-0.2, -0.15) is 0 Å². The van der Waals surface area contributed by atoms with Crippen molar-refractivity contribution in [3.63, 3.8) is 0 Å². The van der Waals surface area contributed by atoms with Crippen LogP contribution in [0.3, 0.4) is 0 Å². The number of hydrogen-bond donors (Lipinski definition) is 1. The summed E-state index contributed by atoms with van der Waals surface area (Å²) in [5.74, 6) is 0.163. The van der Waals surface area contributed by atoms with Crippen LogP contribution in [-0.4, -0.2) is 104 Å². The number of nitro benzene ring substituents is 1. The molecule has 0 bridgehead atoms. The number of amides is 2. The molecule has 2 fully saturated rings. The van der Waals surface area contributed by atoms with E-state index < -0.39 is 11.0 Å². The number of piperazine rings is 1. The fraction of sp³-hybridized carbons (Fsp3) is 0.600. The molecule has 170 valence electrons. The molecule has 2 heterocycles. The maximum atomic E-state index is 12.8. The largest absolute Gasteiger partial charge is 0.495 e. The maximum absolute atomic E-state index is 12.8. The zero-order valence-electron chi connectivity index (χ0n) is 17.9. The van der Waals surface area contributed by atoms with Crippen LogP contribution >= 0.6 is 0 Å². The standard InChI is InChI=1S/C20H29N5O6/c1-15(20(27)21-17-13-16(25(28)29)3-4-18(17)30-2)23-5-7-24(8-6-23)19(26)14-22-9-11-31-12-10-22/h3-4,13,15H,5-12,14H2,1-2H3,(H,21,27). The molecule has 11 nitrogen and oxygen atoms in total. The van der Waals surface area contributed by atoms with Gasteiger partial charge in [-0.05, 0) is 13.0 Å². The van der Waals surface area contributed by atoms with E-state index in [1.807, 2.05) is 9.80 Å². The highest BCUT2D eigenvalue weighted by Crippen LogP contribution is 2.29. The number of rotatable bonds is 7. The zero-order valence-corrected chi connectivity index (χ0v) is 17.9. The lowest BCUT2D eigenvalue weighted by molar-refractivity contribution is -0.384. The summed E-state index contributed by atoms with van der Waals surface area (Å²) in [6.07, 6.45) is 0. The Bertz CT molecular complexity index is 805. The van der Waals surface area contributed by atoms with E-state index in [1.54, 1.807) is 6.92 Å². The molecular formula is C20H29N5O6. The molecule has 2 saturated heterocycles. The van der Waals surface area contributed by atoms with Crippen LogP contribution in [0.1, 0.15) is 6.92 Å². The van der Waals surface area contributed by atoms with Crippen LogP contribution < -0.4 is 10.1 Å². The van der Waals surface area contributed by atoms with Crippen LogP contribution in [-0.2, 0) is 14.3 Å². The molecule has 31 heavy (non-hydrogen) atoms. The summed E-state index contributed by atoms with van der Waals surface area (Å²) >= 11 is 0. The van der Waals surface area contributed by atoms with Crippen molar-refractivity contribution in [3.8, 4) is 5.75 Å². The predicted molar refractivity (Wildman–Crippen MR) is 113 cm³/mol. The molecule has 0 spiro atoms. The Balaban J connectivity index is 1.52. The third-order valence-corrected chi connectivity index (χ3v) is 5.71. The second kappa shape index (κ2) is 10.5. The van der Waals surface area contributed by atoms with E-state index in [1.165, 1.54) is 25.3 Å². The van der Waals surface area contributed by atoms with Crippen molar-refractivity contribution in [1.29, 1.82) is 0 Å². The van der Waals surface area contributed by atoms with Gasteiger partial charge in [0.1, 0.15) is 5.75 Å². The highest BCUT2D eigenvalue weighted by Gasteiger charge is 2.29. The van der Waals surface area contributed by atoms with E-state index >= 15 is 0 Å². The van der Waals surface area contributed by atoms with E-state index in [9.17, 15) is 19.7 Å². The molecule has 11 heteroatoms. The Morgan fingerprint density at radius 1 is 1.19 bits per heavy atom. The summed E-state index contributed by atoms with van der Waals surface area (Å²) in [5.41, 5.74) is 0.129. The molecule has 2 aliphatic rings. The first-order chi connectivity index (χ1) is 14.9. The minimum absolute atomic E-state index is 0.0972. The highest BCUT2D eigenvalue weighted by molar-refractivity contribution is 5.96. The Labute approximate surface area is 181 Å². The lowest BCUT2D eigenvalue weighted by Gasteiger charge is -2.38. The molecule has 0 radical (unpaired) electrons.